The van der Waals surface area contributed by atoms with Crippen molar-refractivity contribution in [1.82, 2.24) is 0 Å². The molecule has 0 aromatic rings. The van der Waals surface area contributed by atoms with Crippen molar-refractivity contribution < 1.29 is 57.2 Å². The second-order valence-electron chi connectivity index (χ2n) is 39.3. The van der Waals surface area contributed by atoms with E-state index in [1.54, 1.807) is 0 Å². The fourth-order valence-electron chi connectivity index (χ4n) is 14.7. The lowest BCUT2D eigenvalue weighted by atomic mass is 9.65. The lowest BCUT2D eigenvalue weighted by molar-refractivity contribution is -0.192. The van der Waals surface area contributed by atoms with Gasteiger partial charge in [-0.25, -0.2) is 0 Å². The van der Waals surface area contributed by atoms with Crippen LogP contribution in [0.4, 0.5) is 0 Å². The van der Waals surface area contributed by atoms with Gasteiger partial charge in [0.2, 0.25) is 0 Å². The van der Waals surface area contributed by atoms with Gasteiger partial charge in [-0.1, -0.05) is 179 Å². The molecule has 6 aliphatic carbocycles. The highest BCUT2D eigenvalue weighted by Gasteiger charge is 2.50. The van der Waals surface area contributed by atoms with Gasteiger partial charge in [-0.3, -0.25) is 28.8 Å². The smallest absolute Gasteiger partial charge is 0.312 e. The van der Waals surface area contributed by atoms with E-state index >= 15 is 0 Å². The highest BCUT2D eigenvalue weighted by molar-refractivity contribution is 5.78. The first-order chi connectivity index (χ1) is 49.3. The molecule has 12 heteroatoms. The molecule has 6 rings (SSSR count). The van der Waals surface area contributed by atoms with Gasteiger partial charge < -0.3 is 28.4 Å². The summed E-state index contributed by atoms with van der Waals surface area (Å²) in [5, 5.41) is 0. The van der Waals surface area contributed by atoms with Crippen LogP contribution in [0.25, 0.3) is 0 Å². The van der Waals surface area contributed by atoms with Gasteiger partial charge in [0, 0.05) is 5.41 Å². The van der Waals surface area contributed by atoms with Gasteiger partial charge in [0.05, 0.1) is 32.5 Å². The van der Waals surface area contributed by atoms with Crippen LogP contribution in [-0.4, -0.2) is 69.4 Å². The first-order valence-corrected chi connectivity index (χ1v) is 44.7. The van der Waals surface area contributed by atoms with Crippen molar-refractivity contribution in [3.63, 3.8) is 0 Å². The molecular weight excluding hydrogens is 1320 g/mol. The zero-order valence-electron chi connectivity index (χ0n) is 75.0. The number of hydrogen-bond acceptors (Lipinski definition) is 12. The van der Waals surface area contributed by atoms with E-state index < -0.39 is 0 Å². The minimum absolute atomic E-state index is 0.00702. The summed E-state index contributed by atoms with van der Waals surface area (Å²) >= 11 is 0. The lowest BCUT2D eigenvalue weighted by Crippen LogP contribution is -2.51. The van der Waals surface area contributed by atoms with Crippen molar-refractivity contribution in [2.45, 2.75) is 528 Å². The van der Waals surface area contributed by atoms with E-state index in [-0.39, 0.29) is 107 Å². The van der Waals surface area contributed by atoms with Crippen LogP contribution in [0.2, 0.25) is 0 Å². The van der Waals surface area contributed by atoms with Crippen LogP contribution >= 0.6 is 0 Å². The normalized spacial score (nSPS) is 21.0. The molecule has 6 aliphatic rings. The Balaban J connectivity index is 0.000000637. The molecule has 0 radical (unpaired) electrons. The molecule has 0 heterocycles. The number of esters is 6. The largest absolute Gasteiger partial charge is 0.459 e. The summed E-state index contributed by atoms with van der Waals surface area (Å²) in [6.45, 7) is 53.4. The monoisotopic (exact) mass is 1500 g/mol. The van der Waals surface area contributed by atoms with Crippen molar-refractivity contribution in [3.8, 4) is 0 Å². The first kappa shape index (κ1) is 101. The highest BCUT2D eigenvalue weighted by Crippen LogP contribution is 2.49. The molecule has 0 amide bonds. The van der Waals surface area contributed by atoms with Crippen LogP contribution in [0.3, 0.4) is 0 Å². The highest BCUT2D eigenvalue weighted by atomic mass is 16.6. The molecule has 0 aromatic carbocycles. The van der Waals surface area contributed by atoms with E-state index in [4.69, 9.17) is 28.4 Å². The predicted octanol–water partition coefficient (Wildman–Crippen LogP) is 28.2. The van der Waals surface area contributed by atoms with E-state index in [2.05, 4.69) is 76.2 Å². The van der Waals surface area contributed by atoms with Crippen molar-refractivity contribution in [1.29, 1.82) is 0 Å². The Morgan fingerprint density at radius 3 is 0.566 bits per heavy atom. The fourth-order valence-corrected chi connectivity index (χ4v) is 14.7. The Labute approximate surface area is 655 Å². The Morgan fingerprint density at radius 1 is 0.217 bits per heavy atom. The molecule has 12 nitrogen and oxygen atoms in total. The average Bonchev–Trinajstić information content (AvgIpc) is 0.835. The molecule has 0 N–H and O–H groups in total. The van der Waals surface area contributed by atoms with Crippen LogP contribution in [0.15, 0.2) is 0 Å². The SMILES string of the molecule is CCC(C)(C)C(=O)OC1(C(C)(C)CC)CCCCC1.CCC(C)(C)C(=O)OC1(C)CCCCCC1.CCC(C)(C)C(=O)OC1(C)CCCCCCC1.CCC(C)(C)C(=O)OC1(C)CCCCCCCCC1.CCC1(OC(=O)C(C)(C)CC)CCCCCC1.CCC1(OC(=O)C(C)(C)CC)CCCCCCC1. The summed E-state index contributed by atoms with van der Waals surface area (Å²) in [6, 6.07) is 0. The number of carbonyl (C=O) groups excluding carboxylic acids is 6. The van der Waals surface area contributed by atoms with Crippen LogP contribution in [0.1, 0.15) is 495 Å². The maximum Gasteiger partial charge on any atom is 0.312 e. The maximum atomic E-state index is 12.5. The average molecular weight is 1500 g/mol. The summed E-state index contributed by atoms with van der Waals surface area (Å²) in [6.07, 6.45) is 55.6. The van der Waals surface area contributed by atoms with Gasteiger partial charge in [0.15, 0.2) is 0 Å². The van der Waals surface area contributed by atoms with Gasteiger partial charge >= 0.3 is 35.8 Å². The standard InChI is InChI=1S/2C17H32O2.C16H30O2.2C15H28O2.C14H26O2/c1-7-15(3,4)14(18)19-17(16(5,6)8-2)12-10-9-11-13-17;1-5-16(2,3)15(18)19-17(4)13-11-9-7-6-8-10-12-14-17;1-5-15(3,4)14(17)18-16(6-2)12-10-8-7-9-11-13-16;1-5-14(2,3)13(16)17-15(4)11-9-7-6-8-10-12-15;1-5-14(3,4)13(16)17-15(6-2)11-9-7-8-10-12-15;1-5-13(2,3)12(15)16-14(4)10-8-6-7-9-11-14/h7-13H2,1-6H3;5-14H2,1-4H3;5-13H2,1-4H3;2*5-12H2,1-4H3;5-11H2,1-4H3. The van der Waals surface area contributed by atoms with Gasteiger partial charge in [-0.15, -0.1) is 0 Å². The zero-order valence-corrected chi connectivity index (χ0v) is 75.0. The molecule has 0 saturated heterocycles. The van der Waals surface area contributed by atoms with Crippen LogP contribution < -0.4 is 0 Å². The Bertz CT molecular complexity index is 2440. The Kier molecular flexibility index (Phi) is 45.1. The number of rotatable bonds is 22. The molecular formula is C94H176O12. The molecule has 0 aromatic heterocycles. The second kappa shape index (κ2) is 47.4. The zero-order chi connectivity index (χ0) is 80.9. The van der Waals surface area contributed by atoms with Gasteiger partial charge in [-0.2, -0.15) is 0 Å². The van der Waals surface area contributed by atoms with Gasteiger partial charge in [-0.05, 0) is 316 Å². The van der Waals surface area contributed by atoms with E-state index in [0.717, 1.165) is 135 Å². The summed E-state index contributed by atoms with van der Waals surface area (Å²) < 4.78 is 35.6. The molecule has 0 spiro atoms. The van der Waals surface area contributed by atoms with Crippen LogP contribution in [0, 0.1) is 37.9 Å². The minimum Gasteiger partial charge on any atom is -0.459 e. The molecule has 0 bridgehead atoms. The second-order valence-corrected chi connectivity index (χ2v) is 39.3. The molecule has 0 atom stereocenters. The van der Waals surface area contributed by atoms with Gasteiger partial charge in [0.25, 0.3) is 0 Å². The predicted molar refractivity (Wildman–Crippen MR) is 444 cm³/mol. The van der Waals surface area contributed by atoms with Crippen molar-refractivity contribution in [2.75, 3.05) is 0 Å². The molecule has 106 heavy (non-hydrogen) atoms. The van der Waals surface area contributed by atoms with E-state index in [9.17, 15) is 28.8 Å². The summed E-state index contributed by atoms with van der Waals surface area (Å²) in [5.41, 5.74) is -3.27. The Hall–Kier alpha value is -3.18. The van der Waals surface area contributed by atoms with Crippen molar-refractivity contribution in [2.24, 2.45) is 37.9 Å². The number of carbonyl (C=O) groups is 6. The van der Waals surface area contributed by atoms with E-state index in [1.807, 2.05) is 104 Å². The summed E-state index contributed by atoms with van der Waals surface area (Å²) in [4.78, 5) is 73.5. The summed E-state index contributed by atoms with van der Waals surface area (Å²) in [7, 11) is 0. The van der Waals surface area contributed by atoms with Crippen LogP contribution in [-0.2, 0) is 57.2 Å². The van der Waals surface area contributed by atoms with Crippen molar-refractivity contribution in [3.05, 3.63) is 0 Å². The molecule has 6 fully saturated rings. The summed E-state index contributed by atoms with van der Waals surface area (Å²) in [5.74, 6) is -0.105. The molecule has 624 valence electrons. The quantitative estimate of drug-likeness (QED) is 0.0575. The minimum atomic E-state index is -0.367. The molecule has 6 saturated carbocycles. The third-order valence-corrected chi connectivity index (χ3v) is 27.4. The molecule has 0 aliphatic heterocycles. The number of ether oxygens (including phenoxy) is 6. The first-order valence-electron chi connectivity index (χ1n) is 44.7. The molecule has 0 unspecified atom stereocenters. The van der Waals surface area contributed by atoms with E-state index in [1.165, 1.54) is 180 Å². The topological polar surface area (TPSA) is 158 Å². The van der Waals surface area contributed by atoms with Crippen LogP contribution in [0.5, 0.6) is 0 Å². The van der Waals surface area contributed by atoms with Gasteiger partial charge in [0.1, 0.15) is 33.6 Å². The third kappa shape index (κ3) is 35.2. The third-order valence-electron chi connectivity index (χ3n) is 27.4. The fraction of sp³-hybridized carbons (Fsp3) is 0.936. The van der Waals surface area contributed by atoms with E-state index in [0.29, 0.717) is 0 Å². The lowest BCUT2D eigenvalue weighted by Gasteiger charge is -2.49. The number of hydrogen-bond donors (Lipinski definition) is 0. The maximum absolute atomic E-state index is 12.5. The van der Waals surface area contributed by atoms with Crippen molar-refractivity contribution >= 4 is 35.8 Å². The Morgan fingerprint density at radius 2 is 0.377 bits per heavy atom.